The van der Waals surface area contributed by atoms with Gasteiger partial charge in [0.05, 0.1) is 6.10 Å². The van der Waals surface area contributed by atoms with Gasteiger partial charge in [0.1, 0.15) is 0 Å². The summed E-state index contributed by atoms with van der Waals surface area (Å²) in [5, 5.41) is 3.72. The maximum Gasteiger partial charge on any atom is 0.0604 e. The summed E-state index contributed by atoms with van der Waals surface area (Å²) in [6.07, 6.45) is 6.58. The highest BCUT2D eigenvalue weighted by Gasteiger charge is 2.30. The summed E-state index contributed by atoms with van der Waals surface area (Å²) in [6, 6.07) is 1.38. The molecule has 0 aromatic heterocycles. The zero-order valence-electron chi connectivity index (χ0n) is 9.71. The molecule has 15 heavy (non-hydrogen) atoms. The highest BCUT2D eigenvalue weighted by molar-refractivity contribution is 4.88. The van der Waals surface area contributed by atoms with Crippen LogP contribution in [-0.2, 0) is 9.47 Å². The maximum absolute atomic E-state index is 5.56. The molecule has 3 heteroatoms. The van der Waals surface area contributed by atoms with Gasteiger partial charge in [-0.1, -0.05) is 0 Å². The normalized spacial score (nSPS) is 37.0. The van der Waals surface area contributed by atoms with Crippen LogP contribution in [0.15, 0.2) is 0 Å². The van der Waals surface area contributed by atoms with Crippen molar-refractivity contribution in [1.29, 1.82) is 0 Å². The second kappa shape index (κ2) is 5.83. The molecule has 1 saturated heterocycles. The number of ether oxygens (including phenoxy) is 2. The quantitative estimate of drug-likeness (QED) is 0.771. The molecule has 3 nitrogen and oxygen atoms in total. The zero-order valence-corrected chi connectivity index (χ0v) is 9.71. The molecule has 1 unspecified atom stereocenters. The number of rotatable bonds is 4. The first-order valence-corrected chi connectivity index (χ1v) is 6.34. The molecule has 88 valence electrons. The van der Waals surface area contributed by atoms with E-state index in [-0.39, 0.29) is 0 Å². The van der Waals surface area contributed by atoms with Gasteiger partial charge in [-0.05, 0) is 39.0 Å². The van der Waals surface area contributed by atoms with Crippen molar-refractivity contribution in [1.82, 2.24) is 5.32 Å². The van der Waals surface area contributed by atoms with Crippen molar-refractivity contribution in [3.05, 3.63) is 0 Å². The topological polar surface area (TPSA) is 30.5 Å². The van der Waals surface area contributed by atoms with Crippen LogP contribution in [-0.4, -0.2) is 38.0 Å². The summed E-state index contributed by atoms with van der Waals surface area (Å²) in [6.45, 7) is 4.81. The molecular formula is C12H23NO2. The van der Waals surface area contributed by atoms with Crippen molar-refractivity contribution in [2.24, 2.45) is 0 Å². The Kier molecular flexibility index (Phi) is 4.42. The summed E-state index contributed by atoms with van der Waals surface area (Å²) in [5.74, 6) is 0. The Morgan fingerprint density at radius 1 is 1.20 bits per heavy atom. The van der Waals surface area contributed by atoms with Gasteiger partial charge in [0.15, 0.2) is 0 Å². The fourth-order valence-corrected chi connectivity index (χ4v) is 2.48. The number of hydrogen-bond acceptors (Lipinski definition) is 3. The van der Waals surface area contributed by atoms with Crippen LogP contribution in [0.5, 0.6) is 0 Å². The van der Waals surface area contributed by atoms with Gasteiger partial charge in [-0.15, -0.1) is 0 Å². The Balaban J connectivity index is 1.61. The van der Waals surface area contributed by atoms with Crippen LogP contribution in [0.25, 0.3) is 0 Å². The zero-order chi connectivity index (χ0) is 10.5. The van der Waals surface area contributed by atoms with Crippen LogP contribution < -0.4 is 5.32 Å². The monoisotopic (exact) mass is 213 g/mol. The van der Waals surface area contributed by atoms with E-state index in [0.717, 1.165) is 19.8 Å². The van der Waals surface area contributed by atoms with Crippen molar-refractivity contribution in [3.8, 4) is 0 Å². The molecule has 0 spiro atoms. The average Bonchev–Trinajstić information content (AvgIpc) is 2.43. The van der Waals surface area contributed by atoms with E-state index in [2.05, 4.69) is 12.2 Å². The van der Waals surface area contributed by atoms with Crippen molar-refractivity contribution >= 4 is 0 Å². The second-order valence-corrected chi connectivity index (χ2v) is 4.65. The predicted molar refractivity (Wildman–Crippen MR) is 60.0 cm³/mol. The standard InChI is InChI=1S/C12H23NO2/c1-2-15-12-8-11(9-12)13-10-4-3-6-14-7-5-10/h10-13H,2-9H2,1H3. The molecule has 1 atom stereocenters. The van der Waals surface area contributed by atoms with Crippen molar-refractivity contribution in [2.45, 2.75) is 57.2 Å². The molecule has 1 saturated carbocycles. The van der Waals surface area contributed by atoms with Crippen molar-refractivity contribution in [3.63, 3.8) is 0 Å². The molecule has 0 aromatic rings. The van der Waals surface area contributed by atoms with Gasteiger partial charge in [0, 0.05) is 31.9 Å². The van der Waals surface area contributed by atoms with Crippen molar-refractivity contribution < 1.29 is 9.47 Å². The summed E-state index contributed by atoms with van der Waals surface area (Å²) in [5.41, 5.74) is 0. The first-order valence-electron chi connectivity index (χ1n) is 6.34. The van der Waals surface area contributed by atoms with Crippen molar-refractivity contribution in [2.75, 3.05) is 19.8 Å². The Hall–Kier alpha value is -0.120. The maximum atomic E-state index is 5.56. The van der Waals surface area contributed by atoms with E-state index in [9.17, 15) is 0 Å². The predicted octanol–water partition coefficient (Wildman–Crippen LogP) is 1.71. The molecule has 1 N–H and O–H groups in total. The lowest BCUT2D eigenvalue weighted by Crippen LogP contribution is -2.49. The summed E-state index contributed by atoms with van der Waals surface area (Å²) >= 11 is 0. The molecule has 1 aliphatic carbocycles. The number of nitrogens with one attached hydrogen (secondary N) is 1. The highest BCUT2D eigenvalue weighted by atomic mass is 16.5. The van der Waals surface area contributed by atoms with Crippen LogP contribution in [0.3, 0.4) is 0 Å². The highest BCUT2D eigenvalue weighted by Crippen LogP contribution is 2.24. The molecule has 2 aliphatic rings. The number of hydrogen-bond donors (Lipinski definition) is 1. The van der Waals surface area contributed by atoms with Crippen LogP contribution in [0.4, 0.5) is 0 Å². The van der Waals surface area contributed by atoms with Gasteiger partial charge >= 0.3 is 0 Å². The molecular weight excluding hydrogens is 190 g/mol. The van der Waals surface area contributed by atoms with E-state index in [1.54, 1.807) is 0 Å². The molecule has 1 aliphatic heterocycles. The van der Waals surface area contributed by atoms with Gasteiger partial charge < -0.3 is 14.8 Å². The Morgan fingerprint density at radius 3 is 2.87 bits per heavy atom. The third-order valence-corrected chi connectivity index (χ3v) is 3.42. The first-order chi connectivity index (χ1) is 7.38. The van der Waals surface area contributed by atoms with E-state index < -0.39 is 0 Å². The SMILES string of the molecule is CCOC1CC(NC2CCCOCC2)C1. The van der Waals surface area contributed by atoms with Gasteiger partial charge in [0.25, 0.3) is 0 Å². The minimum absolute atomic E-state index is 0.523. The minimum Gasteiger partial charge on any atom is -0.381 e. The minimum atomic E-state index is 0.523. The second-order valence-electron chi connectivity index (χ2n) is 4.65. The summed E-state index contributed by atoms with van der Waals surface area (Å²) < 4.78 is 11.0. The van der Waals surface area contributed by atoms with Gasteiger partial charge in [-0.3, -0.25) is 0 Å². The average molecular weight is 213 g/mol. The third-order valence-electron chi connectivity index (χ3n) is 3.42. The molecule has 0 radical (unpaired) electrons. The van der Waals surface area contributed by atoms with Gasteiger partial charge in [-0.25, -0.2) is 0 Å². The lowest BCUT2D eigenvalue weighted by atomic mass is 9.88. The Labute approximate surface area is 92.5 Å². The molecule has 2 rings (SSSR count). The van der Waals surface area contributed by atoms with Crippen LogP contribution in [0.2, 0.25) is 0 Å². The lowest BCUT2D eigenvalue weighted by molar-refractivity contribution is -0.0129. The fraction of sp³-hybridized carbons (Fsp3) is 1.00. The van der Waals surface area contributed by atoms with E-state index in [4.69, 9.17) is 9.47 Å². The van der Waals surface area contributed by atoms with E-state index in [0.29, 0.717) is 18.2 Å². The van der Waals surface area contributed by atoms with Crippen LogP contribution in [0, 0.1) is 0 Å². The largest absolute Gasteiger partial charge is 0.381 e. The summed E-state index contributed by atoms with van der Waals surface area (Å²) in [7, 11) is 0. The van der Waals surface area contributed by atoms with E-state index >= 15 is 0 Å². The van der Waals surface area contributed by atoms with E-state index in [1.165, 1.54) is 32.1 Å². The van der Waals surface area contributed by atoms with Crippen LogP contribution >= 0.6 is 0 Å². The molecule has 0 bridgehead atoms. The lowest BCUT2D eigenvalue weighted by Gasteiger charge is -2.37. The molecule has 0 aromatic carbocycles. The molecule has 2 fully saturated rings. The fourth-order valence-electron chi connectivity index (χ4n) is 2.48. The Bertz CT molecular complexity index is 172. The van der Waals surface area contributed by atoms with E-state index in [1.807, 2.05) is 0 Å². The summed E-state index contributed by atoms with van der Waals surface area (Å²) in [4.78, 5) is 0. The first kappa shape index (κ1) is 11.4. The third kappa shape index (κ3) is 3.44. The molecule has 0 amide bonds. The smallest absolute Gasteiger partial charge is 0.0604 e. The molecule has 1 heterocycles. The Morgan fingerprint density at radius 2 is 2.07 bits per heavy atom. The van der Waals surface area contributed by atoms with Gasteiger partial charge in [-0.2, -0.15) is 0 Å². The van der Waals surface area contributed by atoms with Crippen LogP contribution in [0.1, 0.15) is 39.0 Å². The van der Waals surface area contributed by atoms with Gasteiger partial charge in [0.2, 0.25) is 0 Å².